The Morgan fingerprint density at radius 1 is 0.633 bits per heavy atom. The molecule has 0 saturated heterocycles. The summed E-state index contributed by atoms with van der Waals surface area (Å²) in [4.78, 5) is 27.3. The van der Waals surface area contributed by atoms with E-state index in [0.29, 0.717) is 28.0 Å². The minimum atomic E-state index is -0.0162. The Bertz CT molecular complexity index is 1800. The first-order valence-corrected chi connectivity index (χ1v) is 10.1. The molecule has 1 aliphatic rings. The predicted molar refractivity (Wildman–Crippen MR) is 122 cm³/mol. The van der Waals surface area contributed by atoms with Crippen LogP contribution in [0, 0.1) is 0 Å². The summed E-state index contributed by atoms with van der Waals surface area (Å²) in [7, 11) is 0. The summed E-state index contributed by atoms with van der Waals surface area (Å²) in [5.74, 6) is 0. The Hall–Kier alpha value is -3.98. The zero-order chi connectivity index (χ0) is 20.0. The van der Waals surface area contributed by atoms with Crippen LogP contribution in [-0.2, 0) is 6.42 Å². The maximum Gasteiger partial charge on any atom is 0.197 e. The van der Waals surface area contributed by atoms with E-state index in [-0.39, 0.29) is 10.9 Å². The van der Waals surface area contributed by atoms with Gasteiger partial charge >= 0.3 is 0 Å². The molecule has 3 nitrogen and oxygen atoms in total. The van der Waals surface area contributed by atoms with Gasteiger partial charge in [-0.25, -0.2) is 0 Å². The van der Waals surface area contributed by atoms with Gasteiger partial charge in [0.05, 0.1) is 21.9 Å². The molecule has 0 amide bonds. The van der Waals surface area contributed by atoms with Crippen LogP contribution in [-0.4, -0.2) is 4.40 Å². The zero-order valence-corrected chi connectivity index (χ0v) is 16.0. The van der Waals surface area contributed by atoms with Crippen LogP contribution in [0.1, 0.15) is 11.1 Å². The molecule has 0 unspecified atom stereocenters. The molecule has 3 heteroatoms. The van der Waals surface area contributed by atoms with E-state index in [2.05, 4.69) is 16.5 Å². The molecule has 0 atom stereocenters. The van der Waals surface area contributed by atoms with Gasteiger partial charge in [-0.3, -0.25) is 9.59 Å². The van der Waals surface area contributed by atoms with Crippen molar-refractivity contribution in [2.75, 3.05) is 0 Å². The van der Waals surface area contributed by atoms with Crippen molar-refractivity contribution < 1.29 is 0 Å². The summed E-state index contributed by atoms with van der Waals surface area (Å²) in [6.45, 7) is 0. The smallest absolute Gasteiger partial charge is 0.197 e. The van der Waals surface area contributed by atoms with E-state index >= 15 is 0 Å². The second-order valence-corrected chi connectivity index (χ2v) is 8.04. The third kappa shape index (κ3) is 1.76. The van der Waals surface area contributed by atoms with Crippen LogP contribution in [0.5, 0.6) is 0 Å². The van der Waals surface area contributed by atoms with Crippen LogP contribution in [0.4, 0.5) is 0 Å². The van der Waals surface area contributed by atoms with Gasteiger partial charge in [-0.15, -0.1) is 0 Å². The molecule has 2 heterocycles. The van der Waals surface area contributed by atoms with E-state index in [1.807, 2.05) is 66.7 Å². The van der Waals surface area contributed by atoms with Gasteiger partial charge in [-0.05, 0) is 59.0 Å². The lowest BCUT2D eigenvalue weighted by Crippen LogP contribution is -2.15. The van der Waals surface area contributed by atoms with Crippen molar-refractivity contribution in [3.05, 3.63) is 110 Å². The normalized spacial score (nSPS) is 12.8. The molecule has 7 rings (SSSR count). The van der Waals surface area contributed by atoms with Crippen molar-refractivity contribution in [3.8, 4) is 11.1 Å². The van der Waals surface area contributed by atoms with Crippen molar-refractivity contribution in [2.24, 2.45) is 0 Å². The molecule has 0 spiro atoms. The first-order chi connectivity index (χ1) is 14.7. The van der Waals surface area contributed by atoms with Gasteiger partial charge in [0.15, 0.2) is 10.9 Å². The maximum atomic E-state index is 13.7. The highest BCUT2D eigenvalue weighted by atomic mass is 16.1. The van der Waals surface area contributed by atoms with Crippen LogP contribution < -0.4 is 10.9 Å². The molecule has 2 aromatic heterocycles. The number of nitrogens with zero attached hydrogens (tertiary/aromatic N) is 1. The summed E-state index contributed by atoms with van der Waals surface area (Å²) >= 11 is 0. The average Bonchev–Trinajstić information content (AvgIpc) is 3.16. The molecule has 6 aromatic rings. The van der Waals surface area contributed by atoms with Crippen LogP contribution in [0.2, 0.25) is 0 Å². The Kier molecular flexibility index (Phi) is 2.82. The molecule has 30 heavy (non-hydrogen) atoms. The number of hydrogen-bond donors (Lipinski definition) is 0. The van der Waals surface area contributed by atoms with E-state index in [1.165, 1.54) is 5.56 Å². The number of benzene rings is 4. The first-order valence-electron chi connectivity index (χ1n) is 10.1. The quantitative estimate of drug-likeness (QED) is 0.268. The molecular weight excluding hydrogens is 370 g/mol. The summed E-state index contributed by atoms with van der Waals surface area (Å²) in [5, 5.41) is 2.65. The topological polar surface area (TPSA) is 38.5 Å². The van der Waals surface area contributed by atoms with E-state index in [1.54, 1.807) is 0 Å². The van der Waals surface area contributed by atoms with Crippen molar-refractivity contribution in [3.63, 3.8) is 0 Å². The highest BCUT2D eigenvalue weighted by Crippen LogP contribution is 2.41. The summed E-state index contributed by atoms with van der Waals surface area (Å²) in [5.41, 5.74) is 6.79. The number of para-hydroxylation sites is 2. The lowest BCUT2D eigenvalue weighted by molar-refractivity contribution is 1.26. The molecule has 0 bridgehead atoms. The Balaban J connectivity index is 1.89. The lowest BCUT2D eigenvalue weighted by atomic mass is 9.95. The largest absolute Gasteiger partial charge is 0.307 e. The Morgan fingerprint density at radius 3 is 2.03 bits per heavy atom. The van der Waals surface area contributed by atoms with E-state index in [0.717, 1.165) is 33.2 Å². The van der Waals surface area contributed by atoms with Crippen LogP contribution >= 0.6 is 0 Å². The molecule has 4 aromatic carbocycles. The molecule has 1 aliphatic carbocycles. The SMILES string of the molecule is O=c1c2ccccc2n2c3ccccc3c(=O)c3c4c(cc1c32)-c1ccccc1C4. The minimum absolute atomic E-state index is 0.00920. The van der Waals surface area contributed by atoms with Crippen molar-refractivity contribution in [1.29, 1.82) is 0 Å². The monoisotopic (exact) mass is 385 g/mol. The fraction of sp³-hybridized carbons (Fsp3) is 0.0370. The maximum absolute atomic E-state index is 13.7. The minimum Gasteiger partial charge on any atom is -0.307 e. The summed E-state index contributed by atoms with van der Waals surface area (Å²) in [6.07, 6.45) is 0.714. The summed E-state index contributed by atoms with van der Waals surface area (Å²) < 4.78 is 2.11. The third-order valence-corrected chi connectivity index (χ3v) is 6.56. The van der Waals surface area contributed by atoms with E-state index < -0.39 is 0 Å². The fourth-order valence-corrected chi connectivity index (χ4v) is 5.29. The van der Waals surface area contributed by atoms with E-state index in [4.69, 9.17) is 0 Å². The van der Waals surface area contributed by atoms with Gasteiger partial charge < -0.3 is 4.40 Å². The standard InChI is InChI=1S/C27H15NO2/c29-26-17-9-3-5-11-22(17)28-23-12-6-4-10-18(23)27(30)24-20-13-15-7-1-2-8-16(15)19(20)14-21(26)25(24)28/h1-12,14H,13H2. The molecular formula is C27H15NO2. The third-order valence-electron chi connectivity index (χ3n) is 6.56. The Morgan fingerprint density at radius 2 is 1.27 bits per heavy atom. The molecule has 0 fully saturated rings. The van der Waals surface area contributed by atoms with Gasteiger partial charge in [-0.2, -0.15) is 0 Å². The first kappa shape index (κ1) is 15.9. The number of hydrogen-bond acceptors (Lipinski definition) is 2. The van der Waals surface area contributed by atoms with Crippen molar-refractivity contribution >= 4 is 38.1 Å². The molecule has 0 N–H and O–H groups in total. The highest BCUT2D eigenvalue weighted by Gasteiger charge is 2.26. The number of pyridine rings is 2. The van der Waals surface area contributed by atoms with Crippen LogP contribution in [0.3, 0.4) is 0 Å². The average molecular weight is 385 g/mol. The van der Waals surface area contributed by atoms with Gasteiger partial charge in [0.1, 0.15) is 0 Å². The van der Waals surface area contributed by atoms with Crippen LogP contribution in [0.25, 0.3) is 49.2 Å². The van der Waals surface area contributed by atoms with Gasteiger partial charge in [0, 0.05) is 16.2 Å². The lowest BCUT2D eigenvalue weighted by Gasteiger charge is -2.16. The van der Waals surface area contributed by atoms with Gasteiger partial charge in [0.25, 0.3) is 0 Å². The summed E-state index contributed by atoms with van der Waals surface area (Å²) in [6, 6.07) is 25.6. The molecule has 0 saturated carbocycles. The van der Waals surface area contributed by atoms with E-state index in [9.17, 15) is 9.59 Å². The molecule has 140 valence electrons. The van der Waals surface area contributed by atoms with Gasteiger partial charge in [-0.1, -0.05) is 48.5 Å². The molecule has 0 aliphatic heterocycles. The molecule has 0 radical (unpaired) electrons. The predicted octanol–water partition coefficient (Wildman–Crippen LogP) is 5.13. The zero-order valence-electron chi connectivity index (χ0n) is 16.0. The number of aromatic nitrogens is 1. The van der Waals surface area contributed by atoms with Gasteiger partial charge in [0.2, 0.25) is 0 Å². The number of fused-ring (bicyclic) bond motifs is 8. The second-order valence-electron chi connectivity index (χ2n) is 8.04. The van der Waals surface area contributed by atoms with Crippen molar-refractivity contribution in [2.45, 2.75) is 6.42 Å². The van der Waals surface area contributed by atoms with Crippen molar-refractivity contribution in [1.82, 2.24) is 4.40 Å². The highest BCUT2D eigenvalue weighted by molar-refractivity contribution is 6.12. The number of rotatable bonds is 0. The second kappa shape index (κ2) is 5.33. The van der Waals surface area contributed by atoms with Crippen LogP contribution in [0.15, 0.2) is 88.5 Å². The Labute approximate surface area is 170 Å². The fourth-order valence-electron chi connectivity index (χ4n) is 5.29.